The third-order valence-corrected chi connectivity index (χ3v) is 0.810. The van der Waals surface area contributed by atoms with E-state index in [1.54, 1.807) is 0 Å². The lowest BCUT2D eigenvalue weighted by Crippen LogP contribution is -1.89. The minimum atomic E-state index is 0.712. The predicted molar refractivity (Wildman–Crippen MR) is 39.3 cm³/mol. The minimum Gasteiger partial charge on any atom is -0.396 e. The monoisotopic (exact) mass is 128 g/mol. The van der Waals surface area contributed by atoms with E-state index in [0.717, 1.165) is 18.6 Å². The molecule has 0 aliphatic carbocycles. The first-order valence-corrected chi connectivity index (χ1v) is 3.26. The molecule has 0 aromatic heterocycles. The smallest absolute Gasteiger partial charge is 0.117 e. The summed E-state index contributed by atoms with van der Waals surface area (Å²) in [5.41, 5.74) is 0.728. The highest BCUT2D eigenvalue weighted by atomic mass is 16.6. The number of unbranched alkanes of at least 4 members (excludes halogenated alkanes) is 1. The van der Waals surface area contributed by atoms with Crippen LogP contribution in [0.25, 0.3) is 0 Å². The van der Waals surface area contributed by atoms with E-state index in [-0.39, 0.29) is 0 Å². The molecule has 0 aliphatic heterocycles. The average molecular weight is 128 g/mol. The van der Waals surface area contributed by atoms with Crippen LogP contribution in [0.3, 0.4) is 0 Å². The number of rotatable bonds is 4. The van der Waals surface area contributed by atoms with Crippen molar-refractivity contribution in [3.05, 3.63) is 6.92 Å². The second kappa shape index (κ2) is 5.60. The van der Waals surface area contributed by atoms with Crippen LogP contribution in [-0.4, -0.2) is 12.3 Å². The van der Waals surface area contributed by atoms with Crippen LogP contribution in [0.4, 0.5) is 0 Å². The van der Waals surface area contributed by atoms with Gasteiger partial charge in [-0.05, 0) is 20.3 Å². The Balaban J connectivity index is 3.00. The van der Waals surface area contributed by atoms with Gasteiger partial charge < -0.3 is 4.84 Å². The van der Waals surface area contributed by atoms with Crippen molar-refractivity contribution < 1.29 is 4.84 Å². The fourth-order valence-corrected chi connectivity index (χ4v) is 0.365. The fraction of sp³-hybridized carbons (Fsp3) is 0.714. The summed E-state index contributed by atoms with van der Waals surface area (Å²) in [5, 5.41) is 3.67. The maximum Gasteiger partial charge on any atom is 0.117 e. The van der Waals surface area contributed by atoms with E-state index in [1.807, 2.05) is 6.92 Å². The molecule has 2 nitrogen and oxygen atoms in total. The molecular weight excluding hydrogens is 114 g/mol. The highest BCUT2D eigenvalue weighted by molar-refractivity contribution is 5.85. The third kappa shape index (κ3) is 7.47. The van der Waals surface area contributed by atoms with Crippen LogP contribution < -0.4 is 0 Å². The molecule has 0 amide bonds. The Morgan fingerprint density at radius 3 is 2.78 bits per heavy atom. The van der Waals surface area contributed by atoms with Crippen LogP contribution >= 0.6 is 0 Å². The summed E-state index contributed by atoms with van der Waals surface area (Å²) in [6.45, 7) is 8.20. The molecule has 0 rings (SSSR count). The molecule has 0 unspecified atom stereocenters. The van der Waals surface area contributed by atoms with E-state index in [9.17, 15) is 0 Å². The van der Waals surface area contributed by atoms with Gasteiger partial charge in [-0.25, -0.2) is 0 Å². The van der Waals surface area contributed by atoms with Gasteiger partial charge in [-0.15, -0.1) is 0 Å². The first-order chi connectivity index (χ1) is 4.27. The molecule has 0 aliphatic rings. The van der Waals surface area contributed by atoms with Gasteiger partial charge in [0.25, 0.3) is 0 Å². The molecule has 2 heteroatoms. The standard InChI is InChI=1S/C7H14NO/c1-4-5-6-9-8-7(2)3/h2,4-6H2,1,3H3/b8-7-. The van der Waals surface area contributed by atoms with Crippen molar-refractivity contribution >= 4 is 5.71 Å². The Hall–Kier alpha value is -0.530. The second-order valence-corrected chi connectivity index (χ2v) is 2.01. The zero-order valence-electron chi connectivity index (χ0n) is 6.18. The Labute approximate surface area is 56.9 Å². The minimum absolute atomic E-state index is 0.712. The van der Waals surface area contributed by atoms with E-state index in [2.05, 4.69) is 19.0 Å². The summed E-state index contributed by atoms with van der Waals surface area (Å²) in [5.74, 6) is 0. The summed E-state index contributed by atoms with van der Waals surface area (Å²) >= 11 is 0. The van der Waals surface area contributed by atoms with E-state index < -0.39 is 0 Å². The van der Waals surface area contributed by atoms with Crippen molar-refractivity contribution in [2.75, 3.05) is 6.61 Å². The van der Waals surface area contributed by atoms with E-state index in [1.165, 1.54) is 0 Å². The van der Waals surface area contributed by atoms with E-state index in [4.69, 9.17) is 4.84 Å². The summed E-state index contributed by atoms with van der Waals surface area (Å²) in [7, 11) is 0. The maximum absolute atomic E-state index is 4.86. The Kier molecular flexibility index (Phi) is 5.27. The van der Waals surface area contributed by atoms with Gasteiger partial charge in [-0.3, -0.25) is 0 Å². The lowest BCUT2D eigenvalue weighted by atomic mass is 10.4. The molecule has 0 fully saturated rings. The molecule has 0 bridgehead atoms. The third-order valence-electron chi connectivity index (χ3n) is 0.810. The highest BCUT2D eigenvalue weighted by Gasteiger charge is 1.81. The molecule has 9 heavy (non-hydrogen) atoms. The molecule has 0 aromatic carbocycles. The second-order valence-electron chi connectivity index (χ2n) is 2.01. The molecule has 1 radical (unpaired) electrons. The molecule has 0 spiro atoms. The highest BCUT2D eigenvalue weighted by Crippen LogP contribution is 1.88. The van der Waals surface area contributed by atoms with Crippen molar-refractivity contribution in [1.29, 1.82) is 0 Å². The fourth-order valence-electron chi connectivity index (χ4n) is 0.365. The van der Waals surface area contributed by atoms with Crippen LogP contribution in [0.5, 0.6) is 0 Å². The number of nitrogens with zero attached hydrogens (tertiary/aromatic N) is 1. The molecule has 0 N–H and O–H groups in total. The van der Waals surface area contributed by atoms with Gasteiger partial charge in [0.15, 0.2) is 0 Å². The molecule has 53 valence electrons. The quantitative estimate of drug-likeness (QED) is 0.322. The molecule has 0 saturated carbocycles. The number of hydrogen-bond acceptors (Lipinski definition) is 2. The molecule has 0 atom stereocenters. The van der Waals surface area contributed by atoms with E-state index >= 15 is 0 Å². The van der Waals surface area contributed by atoms with Crippen LogP contribution in [-0.2, 0) is 4.84 Å². The Morgan fingerprint density at radius 1 is 1.67 bits per heavy atom. The zero-order valence-corrected chi connectivity index (χ0v) is 6.18. The van der Waals surface area contributed by atoms with Crippen LogP contribution in [0.2, 0.25) is 0 Å². The van der Waals surface area contributed by atoms with Gasteiger partial charge in [0.2, 0.25) is 0 Å². The first kappa shape index (κ1) is 8.47. The SMILES string of the molecule is [CH2]/C(C)=N/OCCCC. The average Bonchev–Trinajstić information content (AvgIpc) is 1.80. The molecule has 0 aromatic rings. The van der Waals surface area contributed by atoms with Gasteiger partial charge >= 0.3 is 0 Å². The maximum atomic E-state index is 4.86. The molecule has 0 saturated heterocycles. The number of hydrogen-bond donors (Lipinski definition) is 0. The number of oxime groups is 1. The largest absolute Gasteiger partial charge is 0.396 e. The molecular formula is C7H14NO. The lowest BCUT2D eigenvalue weighted by Gasteiger charge is -1.95. The van der Waals surface area contributed by atoms with Gasteiger partial charge in [0.1, 0.15) is 6.61 Å². The summed E-state index contributed by atoms with van der Waals surface area (Å²) in [6.07, 6.45) is 2.21. The van der Waals surface area contributed by atoms with Crippen molar-refractivity contribution in [2.45, 2.75) is 26.7 Å². The van der Waals surface area contributed by atoms with Crippen molar-refractivity contribution in [2.24, 2.45) is 5.16 Å². The van der Waals surface area contributed by atoms with Crippen molar-refractivity contribution in [1.82, 2.24) is 0 Å². The van der Waals surface area contributed by atoms with Crippen LogP contribution in [0.15, 0.2) is 5.16 Å². The Bertz CT molecular complexity index is 84.9. The van der Waals surface area contributed by atoms with Crippen LogP contribution in [0, 0.1) is 6.92 Å². The first-order valence-electron chi connectivity index (χ1n) is 3.26. The van der Waals surface area contributed by atoms with Crippen LogP contribution in [0.1, 0.15) is 26.7 Å². The van der Waals surface area contributed by atoms with Crippen molar-refractivity contribution in [3.8, 4) is 0 Å². The summed E-state index contributed by atoms with van der Waals surface area (Å²) < 4.78 is 0. The van der Waals surface area contributed by atoms with Gasteiger partial charge in [0.05, 0.1) is 5.71 Å². The van der Waals surface area contributed by atoms with Gasteiger partial charge in [-0.1, -0.05) is 18.5 Å². The Morgan fingerprint density at radius 2 is 2.33 bits per heavy atom. The van der Waals surface area contributed by atoms with Gasteiger partial charge in [0, 0.05) is 0 Å². The summed E-state index contributed by atoms with van der Waals surface area (Å²) in [4.78, 5) is 4.86. The summed E-state index contributed by atoms with van der Waals surface area (Å²) in [6, 6.07) is 0. The molecule has 0 heterocycles. The normalized spacial score (nSPS) is 11.7. The van der Waals surface area contributed by atoms with E-state index in [0.29, 0.717) is 6.61 Å². The zero-order chi connectivity index (χ0) is 7.11. The van der Waals surface area contributed by atoms with Crippen molar-refractivity contribution in [3.63, 3.8) is 0 Å². The lowest BCUT2D eigenvalue weighted by molar-refractivity contribution is 0.141. The van der Waals surface area contributed by atoms with Gasteiger partial charge in [-0.2, -0.15) is 0 Å². The predicted octanol–water partition coefficient (Wildman–Crippen LogP) is 2.01. The topological polar surface area (TPSA) is 21.6 Å².